The van der Waals surface area contributed by atoms with Gasteiger partial charge < -0.3 is 5.73 Å². The fourth-order valence-electron chi connectivity index (χ4n) is 2.36. The summed E-state index contributed by atoms with van der Waals surface area (Å²) in [6.07, 6.45) is 1.46. The predicted octanol–water partition coefficient (Wildman–Crippen LogP) is 4.43. The van der Waals surface area contributed by atoms with Crippen LogP contribution in [0.4, 0.5) is 5.69 Å². The average Bonchev–Trinajstić information content (AvgIpc) is 2.83. The van der Waals surface area contributed by atoms with Crippen molar-refractivity contribution in [2.45, 2.75) is 0 Å². The van der Waals surface area contributed by atoms with E-state index in [2.05, 4.69) is 5.10 Å². The van der Waals surface area contributed by atoms with Gasteiger partial charge in [-0.1, -0.05) is 41.9 Å². The Kier molecular flexibility index (Phi) is 4.37. The molecule has 0 spiro atoms. The first-order valence-electron chi connectivity index (χ1n) is 7.06. The topological polar surface area (TPSA) is 71.9 Å². The molecule has 0 amide bonds. The summed E-state index contributed by atoms with van der Waals surface area (Å²) in [5.74, 6) is 0. The Morgan fingerprint density at radius 2 is 1.92 bits per heavy atom. The second kappa shape index (κ2) is 6.46. The van der Waals surface area contributed by atoms with Gasteiger partial charge in [0.15, 0.2) is 4.77 Å². The number of benzene rings is 2. The monoisotopic (exact) mass is 359 g/mol. The molecule has 0 unspecified atom stereocenters. The third-order valence-corrected chi connectivity index (χ3v) is 3.97. The first-order valence-corrected chi connectivity index (χ1v) is 7.85. The largest absolute Gasteiger partial charge is 0.699 e. The molecule has 2 heterocycles. The molecule has 0 radical (unpaired) electrons. The van der Waals surface area contributed by atoms with Gasteiger partial charge in [-0.25, -0.2) is 0 Å². The quantitative estimate of drug-likeness (QED) is 0.372. The molecule has 4 aromatic rings. The van der Waals surface area contributed by atoms with Crippen LogP contribution in [-0.2, 0) is 7.05 Å². The van der Waals surface area contributed by atoms with Gasteiger partial charge in [-0.2, -0.15) is 0 Å². The zero-order valence-corrected chi connectivity index (χ0v) is 14.3. The summed E-state index contributed by atoms with van der Waals surface area (Å²) < 4.78 is 4.83. The molecule has 2 N–H and O–H groups in total. The molecule has 4 rings (SSSR count). The van der Waals surface area contributed by atoms with Crippen molar-refractivity contribution in [3.05, 3.63) is 75.2 Å². The summed E-state index contributed by atoms with van der Waals surface area (Å²) in [6.45, 7) is 0. The second-order valence-corrected chi connectivity index (χ2v) is 5.95. The highest BCUT2D eigenvalue weighted by atomic mass is 35.5. The Labute approximate surface area is 147 Å². The smallest absolute Gasteiger partial charge is 0.288 e. The minimum atomic E-state index is 0.487. The van der Waals surface area contributed by atoms with E-state index < -0.39 is 0 Å². The maximum absolute atomic E-state index is 11.9. The number of hydrogen-bond donors (Lipinski definition) is 1. The van der Waals surface area contributed by atoms with Gasteiger partial charge in [-0.3, -0.25) is 14.2 Å². The van der Waals surface area contributed by atoms with Gasteiger partial charge >= 0.3 is 0 Å². The maximum atomic E-state index is 11.9. The van der Waals surface area contributed by atoms with Gasteiger partial charge in [0.25, 0.3) is 11.7 Å². The molecule has 0 atom stereocenters. The Balaban J connectivity index is 0.000000203. The Hall–Kier alpha value is -2.64. The Morgan fingerprint density at radius 1 is 1.21 bits per heavy atom. The fraction of sp³-hybridized carbons (Fsp3) is 0.0625. The van der Waals surface area contributed by atoms with Gasteiger partial charge in [0.2, 0.25) is 5.65 Å². The van der Waals surface area contributed by atoms with E-state index in [0.29, 0.717) is 26.6 Å². The van der Waals surface area contributed by atoms with Crippen molar-refractivity contribution < 1.29 is 4.43 Å². The predicted molar refractivity (Wildman–Crippen MR) is 97.9 cm³/mol. The van der Waals surface area contributed by atoms with E-state index >= 15 is 0 Å². The SMILES string of the molecule is Cn1[nH]c(=S)n2c3ccc(Cl)cc3[n+](=O)cc12.[NH-]c1ccccc1. The van der Waals surface area contributed by atoms with Crippen LogP contribution in [0, 0.1) is 9.68 Å². The van der Waals surface area contributed by atoms with Crippen LogP contribution in [0.5, 0.6) is 0 Å². The van der Waals surface area contributed by atoms with Crippen molar-refractivity contribution >= 4 is 46.2 Å². The molecule has 0 aliphatic rings. The van der Waals surface area contributed by atoms with Gasteiger partial charge in [-0.15, -0.1) is 5.69 Å². The molecule has 0 bridgehead atoms. The van der Waals surface area contributed by atoms with Crippen LogP contribution in [0.1, 0.15) is 0 Å². The van der Waals surface area contributed by atoms with Crippen molar-refractivity contribution in [3.63, 3.8) is 0 Å². The van der Waals surface area contributed by atoms with Crippen LogP contribution >= 0.6 is 23.8 Å². The number of fused-ring (bicyclic) bond motifs is 3. The molecule has 24 heavy (non-hydrogen) atoms. The number of rotatable bonds is 0. The first-order chi connectivity index (χ1) is 11.5. The summed E-state index contributed by atoms with van der Waals surface area (Å²) >= 11 is 11.1. The van der Waals surface area contributed by atoms with Crippen LogP contribution in [0.15, 0.2) is 54.7 Å². The number of aromatic amines is 1. The molecule has 0 saturated carbocycles. The van der Waals surface area contributed by atoms with E-state index in [1.807, 2.05) is 18.2 Å². The first kappa shape index (κ1) is 16.2. The van der Waals surface area contributed by atoms with E-state index in [0.717, 1.165) is 9.94 Å². The standard InChI is InChI=1S/C10H7ClN4OS.C6H6N/c1-13-9-5-14(16)8-4-6(11)2-3-7(8)15(9)10(17)12-13;7-6-4-2-1-3-5-6/h2-5H,1H3;1-5,7H/q;-1/p+1. The molecule has 8 heteroatoms. The molecular weight excluding hydrogens is 346 g/mol. The number of hydrogen-bond acceptors (Lipinski definition) is 2. The van der Waals surface area contributed by atoms with E-state index in [1.54, 1.807) is 46.5 Å². The van der Waals surface area contributed by atoms with E-state index in [-0.39, 0.29) is 0 Å². The van der Waals surface area contributed by atoms with Crippen LogP contribution in [0.2, 0.25) is 5.02 Å². The molecule has 2 aromatic heterocycles. The molecule has 0 fully saturated rings. The number of nitrogens with zero attached hydrogens (tertiary/aromatic N) is 3. The van der Waals surface area contributed by atoms with Crippen LogP contribution in [0.3, 0.4) is 0 Å². The molecule has 0 saturated heterocycles. The van der Waals surface area contributed by atoms with Crippen LogP contribution < -0.4 is 4.43 Å². The van der Waals surface area contributed by atoms with E-state index in [9.17, 15) is 4.91 Å². The summed E-state index contributed by atoms with van der Waals surface area (Å²) in [5, 5.41) is 3.48. The van der Waals surface area contributed by atoms with Crippen molar-refractivity contribution in [3.8, 4) is 0 Å². The third kappa shape index (κ3) is 3.04. The summed E-state index contributed by atoms with van der Waals surface area (Å²) in [6, 6.07) is 14.2. The fourth-order valence-corrected chi connectivity index (χ4v) is 2.85. The molecule has 0 aliphatic heterocycles. The molecular formula is C16H14ClN5OS. The van der Waals surface area contributed by atoms with Crippen LogP contribution in [0.25, 0.3) is 22.4 Å². The summed E-state index contributed by atoms with van der Waals surface area (Å²) in [4.78, 5) is 11.9. The van der Waals surface area contributed by atoms with Crippen molar-refractivity contribution in [2.24, 2.45) is 7.05 Å². The van der Waals surface area contributed by atoms with Crippen molar-refractivity contribution in [1.82, 2.24) is 14.2 Å². The third-order valence-electron chi connectivity index (χ3n) is 3.46. The number of aromatic nitrogens is 4. The highest BCUT2D eigenvalue weighted by Gasteiger charge is 2.15. The average molecular weight is 360 g/mol. The lowest BCUT2D eigenvalue weighted by atomic mass is 10.3. The van der Waals surface area contributed by atoms with Gasteiger partial charge in [0, 0.05) is 23.0 Å². The molecule has 0 aliphatic carbocycles. The number of nitrogens with one attached hydrogen (secondary N) is 2. The Bertz CT molecular complexity index is 1130. The highest BCUT2D eigenvalue weighted by Crippen LogP contribution is 2.17. The minimum absolute atomic E-state index is 0.487. The zero-order chi connectivity index (χ0) is 17.3. The lowest BCUT2D eigenvalue weighted by Crippen LogP contribution is -2.17. The molecule has 122 valence electrons. The molecule has 6 nitrogen and oxygen atoms in total. The number of aryl methyl sites for hydroxylation is 1. The van der Waals surface area contributed by atoms with Crippen molar-refractivity contribution in [2.75, 3.05) is 0 Å². The lowest BCUT2D eigenvalue weighted by molar-refractivity contribution is -0.463. The van der Waals surface area contributed by atoms with Gasteiger partial charge in [-0.05, 0) is 24.4 Å². The van der Waals surface area contributed by atoms with E-state index in [4.69, 9.17) is 29.6 Å². The van der Waals surface area contributed by atoms with Gasteiger partial charge in [0.05, 0.1) is 4.43 Å². The summed E-state index contributed by atoms with van der Waals surface area (Å²) in [7, 11) is 1.80. The highest BCUT2D eigenvalue weighted by molar-refractivity contribution is 7.71. The maximum Gasteiger partial charge on any atom is 0.288 e. The van der Waals surface area contributed by atoms with Crippen molar-refractivity contribution in [1.29, 1.82) is 0 Å². The second-order valence-electron chi connectivity index (χ2n) is 5.12. The Morgan fingerprint density at radius 3 is 2.54 bits per heavy atom. The number of H-pyrrole nitrogens is 1. The van der Waals surface area contributed by atoms with E-state index in [1.165, 1.54) is 6.20 Å². The zero-order valence-electron chi connectivity index (χ0n) is 12.7. The van der Waals surface area contributed by atoms with Gasteiger partial charge in [0.1, 0.15) is 5.52 Å². The van der Waals surface area contributed by atoms with Crippen LogP contribution in [-0.4, -0.2) is 14.2 Å². The molecule has 2 aromatic carbocycles. The number of halogens is 1. The normalized spacial score (nSPS) is 10.6. The minimum Gasteiger partial charge on any atom is -0.699 e. The lowest BCUT2D eigenvalue weighted by Gasteiger charge is -1.96. The summed E-state index contributed by atoms with van der Waals surface area (Å²) in [5.41, 5.74) is 9.47.